The maximum atomic E-state index is 12.7. The highest BCUT2D eigenvalue weighted by Gasteiger charge is 2.10. The zero-order chi connectivity index (χ0) is 12.4. The molecule has 0 aromatic carbocycles. The quantitative estimate of drug-likeness (QED) is 0.551. The van der Waals surface area contributed by atoms with E-state index in [1.54, 1.807) is 6.08 Å². The van der Waals surface area contributed by atoms with Crippen LogP contribution >= 0.6 is 0 Å². The van der Waals surface area contributed by atoms with Crippen LogP contribution < -0.4 is 5.73 Å². The first-order valence-corrected chi connectivity index (χ1v) is 4.39. The van der Waals surface area contributed by atoms with Crippen molar-refractivity contribution in [3.63, 3.8) is 0 Å². The molecule has 0 saturated heterocycles. The van der Waals surface area contributed by atoms with Gasteiger partial charge in [0.1, 0.15) is 6.54 Å². The molecule has 1 atom stereocenters. The Morgan fingerprint density at radius 2 is 2.44 bits per heavy atom. The Hall–Kier alpha value is -2.09. The van der Waals surface area contributed by atoms with E-state index in [0.29, 0.717) is 18.7 Å². The molecular weight excluding hydrogens is 211 g/mol. The van der Waals surface area contributed by atoms with E-state index in [9.17, 15) is 4.39 Å². The number of rotatable bonds is 2. The number of alkyl halides is 1. The Morgan fingerprint density at radius 3 is 2.88 bits per heavy atom. The largest absolute Gasteiger partial charge is 0.471 e. The van der Waals surface area contributed by atoms with Crippen LogP contribution in [0.5, 0.6) is 0 Å². The van der Waals surface area contributed by atoms with Crippen LogP contribution in [0.4, 0.5) is 4.39 Å². The molecule has 0 aliphatic heterocycles. The van der Waals surface area contributed by atoms with E-state index in [2.05, 4.69) is 15.6 Å². The third kappa shape index (κ3) is 5.60. The summed E-state index contributed by atoms with van der Waals surface area (Å²) in [5.74, 6) is 2.36. The third-order valence-electron chi connectivity index (χ3n) is 1.52. The molecule has 1 unspecified atom stereocenters. The van der Waals surface area contributed by atoms with E-state index >= 15 is 0 Å². The van der Waals surface area contributed by atoms with Crippen molar-refractivity contribution in [2.75, 3.05) is 13.7 Å². The summed E-state index contributed by atoms with van der Waals surface area (Å²) in [6.45, 7) is 0.667. The fourth-order valence-electron chi connectivity index (χ4n) is 0.828. The summed E-state index contributed by atoms with van der Waals surface area (Å²) in [6.07, 6.45) is 8.22. The van der Waals surface area contributed by atoms with E-state index in [0.717, 1.165) is 0 Å². The third-order valence-corrected chi connectivity index (χ3v) is 1.52. The monoisotopic (exact) mass is 224 g/mol. The van der Waals surface area contributed by atoms with Gasteiger partial charge >= 0.3 is 0 Å². The predicted octanol–water partition coefficient (Wildman–Crippen LogP) is 0.600. The smallest absolute Gasteiger partial charge is 0.292 e. The summed E-state index contributed by atoms with van der Waals surface area (Å²) >= 11 is 0. The van der Waals surface area contributed by atoms with Gasteiger partial charge in [0.15, 0.2) is 6.17 Å². The molecule has 1 aliphatic rings. The minimum atomic E-state index is -1.19. The van der Waals surface area contributed by atoms with Gasteiger partial charge < -0.3 is 10.5 Å². The van der Waals surface area contributed by atoms with Crippen molar-refractivity contribution in [1.29, 1.82) is 0 Å². The number of carbonyl (C=O) groups is 1. The number of ether oxygens (including phenoxy) is 1. The lowest BCUT2D eigenvalue weighted by atomic mass is 10.1. The van der Waals surface area contributed by atoms with Crippen LogP contribution in [0.1, 0.15) is 0 Å². The average Bonchev–Trinajstić information content (AvgIpc) is 2.31. The summed E-state index contributed by atoms with van der Waals surface area (Å²) < 4.78 is 16.6. The molecule has 1 rings (SSSR count). The van der Waals surface area contributed by atoms with Crippen molar-refractivity contribution >= 4 is 12.2 Å². The first-order valence-electron chi connectivity index (χ1n) is 4.39. The topological polar surface area (TPSA) is 64.7 Å². The van der Waals surface area contributed by atoms with Crippen LogP contribution in [0.15, 0.2) is 28.9 Å². The number of nitrogens with two attached hydrogens (primary N) is 1. The summed E-state index contributed by atoms with van der Waals surface area (Å²) in [5.41, 5.74) is 6.14. The molecule has 16 heavy (non-hydrogen) atoms. The Kier molecular flexibility index (Phi) is 7.16. The lowest BCUT2D eigenvalue weighted by Crippen LogP contribution is -2.16. The van der Waals surface area contributed by atoms with Crippen molar-refractivity contribution < 1.29 is 13.9 Å². The maximum Gasteiger partial charge on any atom is 0.292 e. The highest BCUT2D eigenvalue weighted by molar-refractivity contribution is 6.05. The van der Waals surface area contributed by atoms with Crippen LogP contribution in [-0.2, 0) is 9.53 Å². The number of halogens is 1. The number of carbonyl (C=O) groups excluding carboxylic acids is 1. The van der Waals surface area contributed by atoms with Crippen molar-refractivity contribution in [3.05, 3.63) is 23.9 Å². The predicted molar refractivity (Wildman–Crippen MR) is 60.5 cm³/mol. The molecule has 0 radical (unpaired) electrons. The van der Waals surface area contributed by atoms with Gasteiger partial charge in [-0.25, -0.2) is 4.39 Å². The van der Waals surface area contributed by atoms with Crippen molar-refractivity contribution in [2.45, 2.75) is 6.17 Å². The van der Waals surface area contributed by atoms with Crippen molar-refractivity contribution in [1.82, 2.24) is 0 Å². The number of allylic oxidation sites excluding steroid dienone is 3. The molecule has 2 N–H and O–H groups in total. The van der Waals surface area contributed by atoms with E-state index in [4.69, 9.17) is 17.0 Å². The Balaban J connectivity index is 0.000000487. The van der Waals surface area contributed by atoms with E-state index in [1.807, 2.05) is 0 Å². The van der Waals surface area contributed by atoms with Crippen LogP contribution in [-0.4, -0.2) is 32.0 Å². The highest BCUT2D eigenvalue weighted by atomic mass is 19.1. The van der Waals surface area contributed by atoms with E-state index in [1.165, 1.54) is 19.3 Å². The van der Waals surface area contributed by atoms with Crippen LogP contribution in [0.25, 0.3) is 0 Å². The van der Waals surface area contributed by atoms with Gasteiger partial charge in [0, 0.05) is 5.70 Å². The lowest BCUT2D eigenvalue weighted by Gasteiger charge is -2.08. The summed E-state index contributed by atoms with van der Waals surface area (Å²) in [5, 5.41) is 0. The van der Waals surface area contributed by atoms with Crippen molar-refractivity contribution in [2.24, 2.45) is 10.7 Å². The van der Waals surface area contributed by atoms with E-state index < -0.39 is 6.17 Å². The molecule has 0 aromatic heterocycles. The van der Waals surface area contributed by atoms with Gasteiger partial charge in [-0.1, -0.05) is 5.92 Å². The normalized spacial score (nSPS) is 20.2. The molecule has 0 heterocycles. The Labute approximate surface area is 93.7 Å². The van der Waals surface area contributed by atoms with Gasteiger partial charge in [-0.05, 0) is 18.2 Å². The molecular formula is C11H13FN2O2. The highest BCUT2D eigenvalue weighted by Crippen LogP contribution is 2.08. The van der Waals surface area contributed by atoms with Gasteiger partial charge in [-0.15, -0.1) is 6.42 Å². The first-order chi connectivity index (χ1) is 7.65. The van der Waals surface area contributed by atoms with Crippen LogP contribution in [0.3, 0.4) is 0 Å². The van der Waals surface area contributed by atoms with Crippen LogP contribution in [0.2, 0.25) is 0 Å². The molecule has 5 heteroatoms. The molecule has 4 nitrogen and oxygen atoms in total. The minimum absolute atomic E-state index is 0.174. The van der Waals surface area contributed by atoms with Crippen LogP contribution in [0, 0.1) is 12.3 Å². The molecule has 0 amide bonds. The molecule has 86 valence electrons. The Bertz CT molecular complexity index is 353. The summed E-state index contributed by atoms with van der Waals surface area (Å²) in [6, 6.07) is 0. The first kappa shape index (κ1) is 13.9. The number of terminal acetylenes is 1. The molecule has 1 aliphatic carbocycles. The number of aliphatic imine (C=N–C) groups is 1. The minimum Gasteiger partial charge on any atom is -0.471 e. The van der Waals surface area contributed by atoms with Gasteiger partial charge in [-0.2, -0.15) is 0 Å². The van der Waals surface area contributed by atoms with Gasteiger partial charge in [-0.3, -0.25) is 9.79 Å². The zero-order valence-electron chi connectivity index (χ0n) is 8.89. The summed E-state index contributed by atoms with van der Waals surface area (Å²) in [7, 11) is 1.31. The van der Waals surface area contributed by atoms with E-state index in [-0.39, 0.29) is 5.70 Å². The second-order valence-electron chi connectivity index (χ2n) is 2.68. The van der Waals surface area contributed by atoms with Crippen molar-refractivity contribution in [3.8, 4) is 12.3 Å². The second-order valence-corrected chi connectivity index (χ2v) is 2.68. The van der Waals surface area contributed by atoms with Gasteiger partial charge in [0.05, 0.1) is 12.8 Å². The summed E-state index contributed by atoms with van der Waals surface area (Å²) in [4.78, 5) is 12.9. The second kappa shape index (κ2) is 8.24. The molecule has 0 aromatic rings. The number of hydrogen-bond donors (Lipinski definition) is 1. The molecule has 0 spiro atoms. The Morgan fingerprint density at radius 1 is 1.81 bits per heavy atom. The number of hydrogen-bond acceptors (Lipinski definition) is 4. The number of nitrogens with zero attached hydrogens (tertiary/aromatic N) is 1. The number of methoxy groups -OCH3 is 1. The molecule has 0 saturated carbocycles. The standard InChI is InChI=1S/C9H9FN2.C2H4O2/c1-2-5-12-7-3-4-8(10)9(11)6-7;1-4-2-3/h1,3-4,6,8H,5,11H2;2H,1H3. The average molecular weight is 224 g/mol. The fourth-order valence-corrected chi connectivity index (χ4v) is 0.828. The SMILES string of the molecule is C#CCN=C1C=CC(F)C(N)=C1.COC=O. The van der Waals surface area contributed by atoms with Gasteiger partial charge in [0.25, 0.3) is 6.47 Å². The van der Waals surface area contributed by atoms with Gasteiger partial charge in [0.2, 0.25) is 0 Å². The maximum absolute atomic E-state index is 12.7. The fraction of sp³-hybridized carbons (Fsp3) is 0.273. The molecule has 0 bridgehead atoms. The molecule has 0 fully saturated rings. The lowest BCUT2D eigenvalue weighted by molar-refractivity contribution is -0.126. The zero-order valence-corrected chi connectivity index (χ0v) is 8.89.